The Hall–Kier alpha value is -2.95. The van der Waals surface area contributed by atoms with Crippen molar-refractivity contribution in [3.8, 4) is 11.5 Å². The van der Waals surface area contributed by atoms with Crippen molar-refractivity contribution < 1.29 is 27.4 Å². The highest BCUT2D eigenvalue weighted by Gasteiger charge is 2.51. The standard InChI is InChI=1S/C30H38F3N5O3/c1-40-24-4-3-19(14-25(24)41-2)22-15-26(30(31,32)33)38-27(34-22)16-23(35-38)29(39)37-7-5-36(6-8-37)28-20-10-17-9-18(12-20)13-21(28)11-17/h3-4,14,16-18,20-22,26,28,34H,5-13,15H2,1-2H3/t17?,18?,20?,21?,22-,26+,28?/m0/s1. The molecule has 2 atom stereocenters. The fourth-order valence-electron chi connectivity index (χ4n) is 8.84. The molecule has 1 aromatic carbocycles. The number of alkyl halides is 3. The van der Waals surface area contributed by atoms with E-state index < -0.39 is 18.3 Å². The van der Waals surface area contributed by atoms with Crippen LogP contribution in [0.2, 0.25) is 0 Å². The van der Waals surface area contributed by atoms with Gasteiger partial charge in [0, 0.05) is 44.7 Å². The number of hydrogen-bond donors (Lipinski definition) is 1. The summed E-state index contributed by atoms with van der Waals surface area (Å²) in [6.07, 6.45) is 2.07. The highest BCUT2D eigenvalue weighted by atomic mass is 19.4. The first-order valence-corrected chi connectivity index (χ1v) is 14.9. The van der Waals surface area contributed by atoms with Crippen LogP contribution < -0.4 is 14.8 Å². The van der Waals surface area contributed by atoms with Crippen LogP contribution in [-0.4, -0.2) is 78.1 Å². The van der Waals surface area contributed by atoms with Gasteiger partial charge in [0.25, 0.3) is 5.91 Å². The van der Waals surface area contributed by atoms with E-state index in [1.807, 2.05) is 0 Å². The number of amides is 1. The molecule has 0 spiro atoms. The maximum Gasteiger partial charge on any atom is 0.410 e. The van der Waals surface area contributed by atoms with E-state index in [0.29, 0.717) is 36.2 Å². The molecule has 2 aliphatic heterocycles. The van der Waals surface area contributed by atoms with Crippen LogP contribution in [0, 0.1) is 23.7 Å². The van der Waals surface area contributed by atoms with Crippen molar-refractivity contribution in [2.45, 2.75) is 62.8 Å². The Bertz CT molecular complexity index is 1280. The predicted molar refractivity (Wildman–Crippen MR) is 146 cm³/mol. The fourth-order valence-corrected chi connectivity index (χ4v) is 8.84. The average Bonchev–Trinajstić information content (AvgIpc) is 3.39. The summed E-state index contributed by atoms with van der Waals surface area (Å²) >= 11 is 0. The van der Waals surface area contributed by atoms with Gasteiger partial charge in [-0.05, 0) is 73.5 Å². The first-order chi connectivity index (χ1) is 19.7. The Morgan fingerprint density at radius 1 is 0.902 bits per heavy atom. The highest BCUT2D eigenvalue weighted by Crippen LogP contribution is 2.55. The number of nitrogens with zero attached hydrogens (tertiary/aromatic N) is 4. The minimum atomic E-state index is -4.53. The number of methoxy groups -OCH3 is 2. The maximum atomic E-state index is 14.2. The minimum absolute atomic E-state index is 0.0535. The Labute approximate surface area is 238 Å². The van der Waals surface area contributed by atoms with Gasteiger partial charge >= 0.3 is 6.18 Å². The van der Waals surface area contributed by atoms with Crippen molar-refractivity contribution in [3.63, 3.8) is 0 Å². The van der Waals surface area contributed by atoms with Crippen molar-refractivity contribution in [1.29, 1.82) is 0 Å². The number of piperazine rings is 1. The quantitative estimate of drug-likeness (QED) is 0.534. The molecule has 4 bridgehead atoms. The number of aromatic nitrogens is 2. The monoisotopic (exact) mass is 573 g/mol. The molecule has 1 aromatic heterocycles. The van der Waals surface area contributed by atoms with Crippen molar-refractivity contribution in [1.82, 2.24) is 19.6 Å². The zero-order chi connectivity index (χ0) is 28.5. The summed E-state index contributed by atoms with van der Waals surface area (Å²) in [5.74, 6) is 4.25. The van der Waals surface area contributed by atoms with Gasteiger partial charge in [-0.2, -0.15) is 18.3 Å². The Kier molecular flexibility index (Phi) is 6.63. The number of ether oxygens (including phenoxy) is 2. The minimum Gasteiger partial charge on any atom is -0.493 e. The molecular weight excluding hydrogens is 535 g/mol. The van der Waals surface area contributed by atoms with Gasteiger partial charge in [-0.3, -0.25) is 9.69 Å². The number of carbonyl (C=O) groups excluding carboxylic acids is 1. The number of halogens is 3. The van der Waals surface area contributed by atoms with Crippen LogP contribution >= 0.6 is 0 Å². The average molecular weight is 574 g/mol. The summed E-state index contributed by atoms with van der Waals surface area (Å²) < 4.78 is 54.3. The van der Waals surface area contributed by atoms with Crippen LogP contribution in [0.15, 0.2) is 24.3 Å². The number of nitrogens with one attached hydrogen (secondary N) is 1. The molecule has 3 heterocycles. The zero-order valence-electron chi connectivity index (χ0n) is 23.6. The third kappa shape index (κ3) is 4.73. The normalized spacial score (nSPS) is 32.9. The number of anilines is 1. The largest absolute Gasteiger partial charge is 0.493 e. The van der Waals surface area contributed by atoms with Gasteiger partial charge in [-0.15, -0.1) is 0 Å². The molecule has 0 unspecified atom stereocenters. The van der Waals surface area contributed by atoms with Gasteiger partial charge in [-0.25, -0.2) is 4.68 Å². The van der Waals surface area contributed by atoms with Crippen LogP contribution in [0.3, 0.4) is 0 Å². The molecule has 8 nitrogen and oxygen atoms in total. The third-order valence-electron chi connectivity index (χ3n) is 10.4. The van der Waals surface area contributed by atoms with Crippen molar-refractivity contribution in [2.24, 2.45) is 23.7 Å². The van der Waals surface area contributed by atoms with Gasteiger partial charge in [0.05, 0.1) is 20.3 Å². The molecule has 6 aliphatic rings. The number of benzene rings is 1. The van der Waals surface area contributed by atoms with E-state index in [9.17, 15) is 18.0 Å². The van der Waals surface area contributed by atoms with Crippen molar-refractivity contribution in [3.05, 3.63) is 35.5 Å². The molecule has 1 amide bonds. The van der Waals surface area contributed by atoms with Gasteiger partial charge < -0.3 is 19.7 Å². The molecule has 2 aromatic rings. The zero-order valence-corrected chi connectivity index (χ0v) is 23.6. The number of rotatable bonds is 5. The second-order valence-electron chi connectivity index (χ2n) is 12.7. The predicted octanol–water partition coefficient (Wildman–Crippen LogP) is 5.14. The third-order valence-corrected chi connectivity index (χ3v) is 10.4. The number of carbonyl (C=O) groups is 1. The lowest BCUT2D eigenvalue weighted by Gasteiger charge is -2.58. The summed E-state index contributed by atoms with van der Waals surface area (Å²) in [4.78, 5) is 17.9. The van der Waals surface area contributed by atoms with Crippen LogP contribution in [-0.2, 0) is 0 Å². The molecular formula is C30H38F3N5O3. The second-order valence-corrected chi connectivity index (χ2v) is 12.7. The van der Waals surface area contributed by atoms with Crippen molar-refractivity contribution >= 4 is 11.7 Å². The Morgan fingerprint density at radius 3 is 2.17 bits per heavy atom. The molecule has 5 fully saturated rings. The Balaban J connectivity index is 1.07. The lowest BCUT2D eigenvalue weighted by atomic mass is 9.54. The van der Waals surface area contributed by atoms with E-state index in [1.165, 1.54) is 52.4 Å². The van der Waals surface area contributed by atoms with E-state index in [4.69, 9.17) is 9.47 Å². The molecule has 222 valence electrons. The van der Waals surface area contributed by atoms with E-state index in [2.05, 4.69) is 15.3 Å². The molecule has 41 heavy (non-hydrogen) atoms. The molecule has 4 aliphatic carbocycles. The molecule has 1 saturated heterocycles. The van der Waals surface area contributed by atoms with Crippen molar-refractivity contribution in [2.75, 3.05) is 45.7 Å². The Morgan fingerprint density at radius 2 is 1.56 bits per heavy atom. The first kappa shape index (κ1) is 26.9. The number of fused-ring (bicyclic) bond motifs is 1. The molecule has 11 heteroatoms. The summed E-state index contributed by atoms with van der Waals surface area (Å²) in [6, 6.07) is 4.70. The van der Waals surface area contributed by atoms with Crippen LogP contribution in [0.4, 0.5) is 19.0 Å². The summed E-state index contributed by atoms with van der Waals surface area (Å²) in [5, 5.41) is 7.40. The van der Waals surface area contributed by atoms with Gasteiger partial charge in [0.2, 0.25) is 0 Å². The summed E-state index contributed by atoms with van der Waals surface area (Å²) in [6.45, 7) is 2.79. The fraction of sp³-hybridized carbons (Fsp3) is 0.667. The summed E-state index contributed by atoms with van der Waals surface area (Å²) in [7, 11) is 3.00. The first-order valence-electron chi connectivity index (χ1n) is 14.9. The SMILES string of the molecule is COc1ccc([C@@H]2C[C@H](C(F)(F)F)n3nc(C(=O)N4CCN(C5C6CC7CC(C6)CC5C7)CC4)cc3N2)cc1OC. The van der Waals surface area contributed by atoms with Crippen LogP contribution in [0.5, 0.6) is 11.5 Å². The maximum absolute atomic E-state index is 14.2. The smallest absolute Gasteiger partial charge is 0.410 e. The topological polar surface area (TPSA) is 71.9 Å². The lowest BCUT2D eigenvalue weighted by Crippen LogP contribution is -2.60. The lowest BCUT2D eigenvalue weighted by molar-refractivity contribution is -0.173. The van der Waals surface area contributed by atoms with Gasteiger partial charge in [-0.1, -0.05) is 6.07 Å². The van der Waals surface area contributed by atoms with Gasteiger partial charge in [0.1, 0.15) is 5.82 Å². The molecule has 1 N–H and O–H groups in total. The second kappa shape index (κ2) is 10.1. The van der Waals surface area contributed by atoms with Gasteiger partial charge in [0.15, 0.2) is 23.2 Å². The van der Waals surface area contributed by atoms with Crippen LogP contribution in [0.1, 0.15) is 66.7 Å². The van der Waals surface area contributed by atoms with E-state index >= 15 is 0 Å². The summed E-state index contributed by atoms with van der Waals surface area (Å²) in [5.41, 5.74) is 0.691. The highest BCUT2D eigenvalue weighted by molar-refractivity contribution is 5.93. The van der Waals surface area contributed by atoms with E-state index in [0.717, 1.165) is 41.4 Å². The van der Waals surface area contributed by atoms with Crippen LogP contribution in [0.25, 0.3) is 0 Å². The van der Waals surface area contributed by atoms with E-state index in [-0.39, 0.29) is 23.8 Å². The molecule has 0 radical (unpaired) electrons. The molecule has 4 saturated carbocycles. The number of hydrogen-bond acceptors (Lipinski definition) is 6. The van der Waals surface area contributed by atoms with E-state index in [1.54, 1.807) is 23.1 Å². The molecule has 8 rings (SSSR count).